The van der Waals surface area contributed by atoms with Crippen LogP contribution < -0.4 is 0 Å². The number of benzene rings is 1. The van der Waals surface area contributed by atoms with Crippen LogP contribution >= 0.6 is 0 Å². The third-order valence-corrected chi connectivity index (χ3v) is 2.35. The maximum Gasteiger partial charge on any atom is 0.337 e. The van der Waals surface area contributed by atoms with E-state index in [-0.39, 0.29) is 5.97 Å². The zero-order chi connectivity index (χ0) is 10.0. The van der Waals surface area contributed by atoms with Crippen LogP contribution in [0.1, 0.15) is 27.0 Å². The Morgan fingerprint density at radius 2 is 1.62 bits per heavy atom. The predicted octanol–water partition coefficient (Wildman–Crippen LogP) is 2.40. The Kier molecular flexibility index (Phi) is 2.71. The first-order valence-corrected chi connectivity index (χ1v) is 4.22. The molecule has 0 N–H and O–H groups in total. The molecule has 0 aromatic heterocycles. The Morgan fingerprint density at radius 3 is 2.00 bits per heavy atom. The van der Waals surface area contributed by atoms with Gasteiger partial charge in [0.25, 0.3) is 0 Å². The summed E-state index contributed by atoms with van der Waals surface area (Å²) in [5.74, 6) is -0.272. The van der Waals surface area contributed by atoms with E-state index in [1.807, 2.05) is 32.9 Å². The zero-order valence-corrected chi connectivity index (χ0v) is 8.47. The number of methoxy groups -OCH3 is 1. The molecule has 0 saturated carbocycles. The van der Waals surface area contributed by atoms with Crippen LogP contribution in [-0.4, -0.2) is 13.1 Å². The number of hydrogen-bond donors (Lipinski definition) is 0. The molecule has 0 aliphatic rings. The topological polar surface area (TPSA) is 26.3 Å². The number of carbonyl (C=O) groups is 1. The molecule has 0 heterocycles. The van der Waals surface area contributed by atoms with Crippen molar-refractivity contribution in [2.24, 2.45) is 0 Å². The Balaban J connectivity index is 3.20. The summed E-state index contributed by atoms with van der Waals surface area (Å²) < 4.78 is 4.65. The lowest BCUT2D eigenvalue weighted by Gasteiger charge is -2.07. The molecule has 0 unspecified atom stereocenters. The monoisotopic (exact) mass is 178 g/mol. The van der Waals surface area contributed by atoms with E-state index >= 15 is 0 Å². The molecule has 2 nitrogen and oxygen atoms in total. The number of hydrogen-bond acceptors (Lipinski definition) is 2. The number of esters is 1. The molecule has 0 fully saturated rings. The summed E-state index contributed by atoms with van der Waals surface area (Å²) in [5.41, 5.74) is 4.11. The summed E-state index contributed by atoms with van der Waals surface area (Å²) >= 11 is 0. The Morgan fingerprint density at radius 1 is 1.15 bits per heavy atom. The highest BCUT2D eigenvalue weighted by Gasteiger charge is 2.07. The molecule has 0 aliphatic heterocycles. The largest absolute Gasteiger partial charge is 0.465 e. The molecule has 0 spiro atoms. The fourth-order valence-corrected chi connectivity index (χ4v) is 1.27. The lowest BCUT2D eigenvalue weighted by molar-refractivity contribution is 0.0600. The molecular weight excluding hydrogens is 164 g/mol. The van der Waals surface area contributed by atoms with E-state index in [1.165, 1.54) is 12.7 Å². The molecule has 2 heteroatoms. The van der Waals surface area contributed by atoms with Crippen molar-refractivity contribution in [1.82, 2.24) is 0 Å². The summed E-state index contributed by atoms with van der Waals surface area (Å²) in [5, 5.41) is 0. The Hall–Kier alpha value is -1.31. The quantitative estimate of drug-likeness (QED) is 0.617. The molecular formula is C11H14O2. The average Bonchev–Trinajstić information content (AvgIpc) is 2.12. The van der Waals surface area contributed by atoms with E-state index < -0.39 is 0 Å². The number of ether oxygens (including phenoxy) is 1. The van der Waals surface area contributed by atoms with Crippen LogP contribution in [0, 0.1) is 20.8 Å². The standard InChI is InChI=1S/C11H14O2/c1-7-5-10(11(12)13-4)6-8(2)9(7)3/h5-6H,1-4H3. The molecule has 0 bridgehead atoms. The Labute approximate surface area is 78.5 Å². The molecule has 70 valence electrons. The molecule has 0 saturated heterocycles. The van der Waals surface area contributed by atoms with Gasteiger partial charge in [-0.1, -0.05) is 0 Å². The van der Waals surface area contributed by atoms with Crippen LogP contribution in [0.5, 0.6) is 0 Å². The second-order valence-electron chi connectivity index (χ2n) is 3.23. The normalized spacial score (nSPS) is 9.85. The lowest BCUT2D eigenvalue weighted by Crippen LogP contribution is -2.03. The van der Waals surface area contributed by atoms with E-state index in [0.29, 0.717) is 5.56 Å². The van der Waals surface area contributed by atoms with Crippen LogP contribution in [0.25, 0.3) is 0 Å². The first-order valence-electron chi connectivity index (χ1n) is 4.22. The van der Waals surface area contributed by atoms with E-state index in [1.54, 1.807) is 0 Å². The van der Waals surface area contributed by atoms with Crippen LogP contribution in [-0.2, 0) is 4.74 Å². The van der Waals surface area contributed by atoms with E-state index in [4.69, 9.17) is 0 Å². The van der Waals surface area contributed by atoms with Crippen molar-refractivity contribution < 1.29 is 9.53 Å². The van der Waals surface area contributed by atoms with Gasteiger partial charge in [0, 0.05) is 0 Å². The molecule has 1 aromatic rings. The van der Waals surface area contributed by atoms with Crippen LogP contribution in [0.3, 0.4) is 0 Å². The van der Waals surface area contributed by atoms with Crippen molar-refractivity contribution in [3.8, 4) is 0 Å². The van der Waals surface area contributed by atoms with Gasteiger partial charge in [-0.3, -0.25) is 0 Å². The predicted molar refractivity (Wildman–Crippen MR) is 52.0 cm³/mol. The van der Waals surface area contributed by atoms with Gasteiger partial charge in [-0.05, 0) is 49.6 Å². The van der Waals surface area contributed by atoms with Crippen LogP contribution in [0.4, 0.5) is 0 Å². The summed E-state index contributed by atoms with van der Waals surface area (Å²) in [6.07, 6.45) is 0. The number of aryl methyl sites for hydroxylation is 2. The highest BCUT2D eigenvalue weighted by atomic mass is 16.5. The number of rotatable bonds is 1. The van der Waals surface area contributed by atoms with Gasteiger partial charge in [-0.15, -0.1) is 0 Å². The maximum atomic E-state index is 11.2. The average molecular weight is 178 g/mol. The number of carbonyl (C=O) groups excluding carboxylic acids is 1. The van der Waals surface area contributed by atoms with Gasteiger partial charge in [0.05, 0.1) is 12.7 Å². The fraction of sp³-hybridized carbons (Fsp3) is 0.364. The minimum Gasteiger partial charge on any atom is -0.465 e. The van der Waals surface area contributed by atoms with Gasteiger partial charge in [-0.2, -0.15) is 0 Å². The molecule has 0 amide bonds. The van der Waals surface area contributed by atoms with Crippen molar-refractivity contribution in [3.05, 3.63) is 34.4 Å². The smallest absolute Gasteiger partial charge is 0.337 e. The van der Waals surface area contributed by atoms with Gasteiger partial charge in [-0.25, -0.2) is 4.79 Å². The maximum absolute atomic E-state index is 11.2. The fourth-order valence-electron chi connectivity index (χ4n) is 1.27. The van der Waals surface area contributed by atoms with E-state index in [2.05, 4.69) is 4.74 Å². The zero-order valence-electron chi connectivity index (χ0n) is 8.47. The van der Waals surface area contributed by atoms with Gasteiger partial charge >= 0.3 is 5.97 Å². The molecule has 0 aliphatic carbocycles. The van der Waals surface area contributed by atoms with Crippen molar-refractivity contribution >= 4 is 5.97 Å². The van der Waals surface area contributed by atoms with Crippen molar-refractivity contribution in [3.63, 3.8) is 0 Å². The lowest BCUT2D eigenvalue weighted by atomic mass is 10.0. The Bertz CT molecular complexity index is 317. The summed E-state index contributed by atoms with van der Waals surface area (Å²) in [6, 6.07) is 3.71. The van der Waals surface area contributed by atoms with Crippen molar-refractivity contribution in [1.29, 1.82) is 0 Å². The first-order chi connectivity index (χ1) is 6.06. The van der Waals surface area contributed by atoms with Gasteiger partial charge < -0.3 is 4.74 Å². The highest BCUT2D eigenvalue weighted by molar-refractivity contribution is 5.89. The van der Waals surface area contributed by atoms with Crippen molar-refractivity contribution in [2.75, 3.05) is 7.11 Å². The third-order valence-electron chi connectivity index (χ3n) is 2.35. The van der Waals surface area contributed by atoms with E-state index in [9.17, 15) is 4.79 Å². The van der Waals surface area contributed by atoms with Crippen LogP contribution in [0.2, 0.25) is 0 Å². The minimum atomic E-state index is -0.272. The van der Waals surface area contributed by atoms with E-state index in [0.717, 1.165) is 11.1 Å². The second kappa shape index (κ2) is 3.60. The minimum absolute atomic E-state index is 0.272. The van der Waals surface area contributed by atoms with Gasteiger partial charge in [0.2, 0.25) is 0 Å². The molecule has 1 aromatic carbocycles. The third kappa shape index (κ3) is 1.89. The summed E-state index contributed by atoms with van der Waals surface area (Å²) in [4.78, 5) is 11.2. The van der Waals surface area contributed by atoms with Gasteiger partial charge in [0.1, 0.15) is 0 Å². The molecule has 1 rings (SSSR count). The molecule has 0 atom stereocenters. The SMILES string of the molecule is COC(=O)c1cc(C)c(C)c(C)c1. The van der Waals surface area contributed by atoms with Crippen LogP contribution in [0.15, 0.2) is 12.1 Å². The second-order valence-corrected chi connectivity index (χ2v) is 3.23. The summed E-state index contributed by atoms with van der Waals surface area (Å²) in [6.45, 7) is 6.04. The first kappa shape index (κ1) is 9.78. The highest BCUT2D eigenvalue weighted by Crippen LogP contribution is 2.15. The summed E-state index contributed by atoms with van der Waals surface area (Å²) in [7, 11) is 1.40. The van der Waals surface area contributed by atoms with Gasteiger partial charge in [0.15, 0.2) is 0 Å². The van der Waals surface area contributed by atoms with Crippen molar-refractivity contribution in [2.45, 2.75) is 20.8 Å². The molecule has 0 radical (unpaired) electrons. The molecule has 13 heavy (non-hydrogen) atoms.